The Kier molecular flexibility index (Phi) is 5.78. The van der Waals surface area contributed by atoms with Gasteiger partial charge in [0, 0.05) is 5.39 Å². The Bertz CT molecular complexity index is 1630. The molecule has 0 fully saturated rings. The van der Waals surface area contributed by atoms with Crippen LogP contribution in [0.1, 0.15) is 45.6 Å². The van der Waals surface area contributed by atoms with Crippen molar-refractivity contribution in [1.82, 2.24) is 4.98 Å². The summed E-state index contributed by atoms with van der Waals surface area (Å²) in [5, 5.41) is 3.01. The first-order valence-electron chi connectivity index (χ1n) is 12.2. The molecule has 4 heteroatoms. The fraction of sp³-hybridized carbons (Fsp3) is 0.125. The summed E-state index contributed by atoms with van der Waals surface area (Å²) in [7, 11) is 0. The number of para-hydroxylation sites is 1. The van der Waals surface area contributed by atoms with Gasteiger partial charge >= 0.3 is 5.97 Å². The van der Waals surface area contributed by atoms with Gasteiger partial charge in [-0.15, -0.1) is 0 Å². The molecule has 0 radical (unpaired) electrons. The molecule has 0 spiro atoms. The number of halogens is 1. The Morgan fingerprint density at radius 1 is 0.861 bits per heavy atom. The van der Waals surface area contributed by atoms with E-state index in [2.05, 4.69) is 18.2 Å². The van der Waals surface area contributed by atoms with Gasteiger partial charge < -0.3 is 4.74 Å². The maximum absolute atomic E-state index is 13.6. The van der Waals surface area contributed by atoms with E-state index >= 15 is 0 Å². The number of esters is 1. The Morgan fingerprint density at radius 2 is 1.61 bits per heavy atom. The molecule has 1 heterocycles. The van der Waals surface area contributed by atoms with Crippen LogP contribution in [0.4, 0.5) is 4.39 Å². The lowest BCUT2D eigenvalue weighted by Gasteiger charge is -2.22. The minimum absolute atomic E-state index is 0.198. The largest absolute Gasteiger partial charge is 0.457 e. The molecule has 0 saturated heterocycles. The maximum Gasteiger partial charge on any atom is 0.339 e. The van der Waals surface area contributed by atoms with Gasteiger partial charge in [-0.3, -0.25) is 0 Å². The van der Waals surface area contributed by atoms with Crippen LogP contribution in [0.2, 0.25) is 0 Å². The number of rotatable bonds is 4. The van der Waals surface area contributed by atoms with Gasteiger partial charge in [-0.05, 0) is 76.6 Å². The van der Waals surface area contributed by atoms with E-state index in [0.717, 1.165) is 68.9 Å². The van der Waals surface area contributed by atoms with Crippen molar-refractivity contribution in [2.45, 2.75) is 25.9 Å². The minimum atomic E-state index is -0.333. The van der Waals surface area contributed by atoms with Crippen LogP contribution in [0.3, 0.4) is 0 Å². The van der Waals surface area contributed by atoms with Gasteiger partial charge in [-0.2, -0.15) is 0 Å². The van der Waals surface area contributed by atoms with Crippen LogP contribution >= 0.6 is 0 Å². The third kappa shape index (κ3) is 4.16. The smallest absolute Gasteiger partial charge is 0.339 e. The molecule has 0 saturated carbocycles. The van der Waals surface area contributed by atoms with Crippen LogP contribution in [0.25, 0.3) is 33.3 Å². The zero-order valence-electron chi connectivity index (χ0n) is 19.7. The lowest BCUT2D eigenvalue weighted by Crippen LogP contribution is -2.15. The molecule has 0 bridgehead atoms. The van der Waals surface area contributed by atoms with Gasteiger partial charge in [0.15, 0.2) is 0 Å². The maximum atomic E-state index is 13.6. The monoisotopic (exact) mass is 473 g/mol. The van der Waals surface area contributed by atoms with Crippen LogP contribution in [-0.4, -0.2) is 11.0 Å². The van der Waals surface area contributed by atoms with Crippen LogP contribution in [0.5, 0.6) is 0 Å². The number of allylic oxidation sites excluding steroid dienone is 1. The molecule has 0 N–H and O–H groups in total. The van der Waals surface area contributed by atoms with E-state index in [4.69, 9.17) is 9.72 Å². The van der Waals surface area contributed by atoms with E-state index in [9.17, 15) is 9.18 Å². The molecule has 176 valence electrons. The molecule has 0 amide bonds. The van der Waals surface area contributed by atoms with Crippen molar-refractivity contribution in [3.8, 4) is 0 Å². The quantitative estimate of drug-likeness (QED) is 0.250. The molecule has 0 aliphatic heterocycles. The number of carbonyl (C=O) groups excluding carboxylic acids is 1. The van der Waals surface area contributed by atoms with Crippen molar-refractivity contribution < 1.29 is 13.9 Å². The fourth-order valence-corrected chi connectivity index (χ4v) is 5.10. The Labute approximate surface area is 208 Å². The molecular formula is C32H24FNO2. The topological polar surface area (TPSA) is 39.2 Å². The lowest BCUT2D eigenvalue weighted by atomic mass is 9.86. The standard InChI is InChI=1S/C32H24FNO2/c33-25-17-15-21(16-18-25)19-23-9-6-13-28-30(27-12-3-4-14-29(27)34-31(23)28)32(35)36-20-24-10-5-8-22-7-1-2-11-26(22)24/h1-5,7-8,10-12,14-19H,6,9,13,20H2. The number of hydrogen-bond acceptors (Lipinski definition) is 3. The summed E-state index contributed by atoms with van der Waals surface area (Å²) in [5.41, 5.74) is 6.06. The second-order valence-electron chi connectivity index (χ2n) is 9.12. The van der Waals surface area contributed by atoms with Crippen molar-refractivity contribution in [3.63, 3.8) is 0 Å². The highest BCUT2D eigenvalue weighted by molar-refractivity contribution is 6.06. The average molecular weight is 474 g/mol. The van der Waals surface area contributed by atoms with Gasteiger partial charge in [-0.25, -0.2) is 14.2 Å². The summed E-state index contributed by atoms with van der Waals surface area (Å²) < 4.78 is 19.4. The molecule has 0 unspecified atom stereocenters. The first-order valence-corrected chi connectivity index (χ1v) is 12.2. The van der Waals surface area contributed by atoms with Gasteiger partial charge in [0.05, 0.1) is 16.8 Å². The van der Waals surface area contributed by atoms with Crippen LogP contribution < -0.4 is 0 Å². The number of nitrogens with zero attached hydrogens (tertiary/aromatic N) is 1. The summed E-state index contributed by atoms with van der Waals surface area (Å²) in [6, 6.07) is 28.3. The Balaban J connectivity index is 1.41. The van der Waals surface area contributed by atoms with E-state index in [1.807, 2.05) is 54.6 Å². The molecule has 5 aromatic rings. The highest BCUT2D eigenvalue weighted by atomic mass is 19.1. The summed E-state index contributed by atoms with van der Waals surface area (Å²) in [4.78, 5) is 18.6. The highest BCUT2D eigenvalue weighted by Crippen LogP contribution is 2.36. The van der Waals surface area contributed by atoms with Gasteiger partial charge in [0.2, 0.25) is 0 Å². The number of pyridine rings is 1. The molecule has 36 heavy (non-hydrogen) atoms. The van der Waals surface area contributed by atoms with Crippen molar-refractivity contribution in [3.05, 3.63) is 125 Å². The molecular weight excluding hydrogens is 449 g/mol. The number of hydrogen-bond donors (Lipinski definition) is 0. The zero-order chi connectivity index (χ0) is 24.5. The highest BCUT2D eigenvalue weighted by Gasteiger charge is 2.26. The summed E-state index contributed by atoms with van der Waals surface area (Å²) in [6.07, 6.45) is 4.56. The zero-order valence-corrected chi connectivity index (χ0v) is 19.7. The van der Waals surface area contributed by atoms with Crippen molar-refractivity contribution in [1.29, 1.82) is 0 Å². The second-order valence-corrected chi connectivity index (χ2v) is 9.12. The number of benzene rings is 4. The van der Waals surface area contributed by atoms with Crippen molar-refractivity contribution >= 4 is 39.3 Å². The molecule has 6 rings (SSSR count). The first kappa shape index (κ1) is 22.2. The van der Waals surface area contributed by atoms with Crippen molar-refractivity contribution in [2.24, 2.45) is 0 Å². The Hall–Kier alpha value is -4.31. The van der Waals surface area contributed by atoms with E-state index in [-0.39, 0.29) is 18.4 Å². The summed E-state index contributed by atoms with van der Waals surface area (Å²) >= 11 is 0. The molecule has 1 aromatic heterocycles. The fourth-order valence-electron chi connectivity index (χ4n) is 5.10. The summed E-state index contributed by atoms with van der Waals surface area (Å²) in [5.74, 6) is -0.595. The van der Waals surface area contributed by atoms with Gasteiger partial charge in [-0.1, -0.05) is 72.8 Å². The minimum Gasteiger partial charge on any atom is -0.457 e. The summed E-state index contributed by atoms with van der Waals surface area (Å²) in [6.45, 7) is 0.198. The molecule has 1 aliphatic rings. The second kappa shape index (κ2) is 9.38. The molecule has 4 aromatic carbocycles. The Morgan fingerprint density at radius 3 is 2.47 bits per heavy atom. The number of ether oxygens (including phenoxy) is 1. The third-order valence-corrected chi connectivity index (χ3v) is 6.82. The first-order chi connectivity index (χ1) is 17.7. The van der Waals surface area contributed by atoms with Crippen LogP contribution in [0, 0.1) is 5.82 Å². The average Bonchev–Trinajstić information content (AvgIpc) is 2.92. The van der Waals surface area contributed by atoms with E-state index in [0.29, 0.717) is 5.56 Å². The SMILES string of the molecule is O=C(OCc1cccc2ccccc12)c1c2c(nc3ccccc13)C(=Cc1ccc(F)cc1)CCC2. The van der Waals surface area contributed by atoms with Gasteiger partial charge in [0.1, 0.15) is 12.4 Å². The van der Waals surface area contributed by atoms with Crippen LogP contribution in [-0.2, 0) is 17.8 Å². The van der Waals surface area contributed by atoms with E-state index < -0.39 is 0 Å². The normalized spacial score (nSPS) is 14.2. The van der Waals surface area contributed by atoms with Crippen LogP contribution in [0.15, 0.2) is 91.0 Å². The third-order valence-electron chi connectivity index (χ3n) is 6.82. The molecule has 0 atom stereocenters. The lowest BCUT2D eigenvalue weighted by molar-refractivity contribution is 0.0475. The number of fused-ring (bicyclic) bond motifs is 3. The van der Waals surface area contributed by atoms with Gasteiger partial charge in [0.25, 0.3) is 0 Å². The predicted molar refractivity (Wildman–Crippen MR) is 142 cm³/mol. The molecule has 1 aliphatic carbocycles. The molecule has 3 nitrogen and oxygen atoms in total. The number of carbonyl (C=O) groups is 1. The predicted octanol–water partition coefficient (Wildman–Crippen LogP) is 7.76. The van der Waals surface area contributed by atoms with Crippen molar-refractivity contribution in [2.75, 3.05) is 0 Å². The van der Waals surface area contributed by atoms with E-state index in [1.54, 1.807) is 12.1 Å². The number of aromatic nitrogens is 1. The van der Waals surface area contributed by atoms with E-state index in [1.165, 1.54) is 12.1 Å².